The number of carbonyl (C=O) groups excluding carboxylic acids is 1. The van der Waals surface area contributed by atoms with Crippen LogP contribution in [-0.4, -0.2) is 24.2 Å². The molecule has 0 aliphatic heterocycles. The van der Waals surface area contributed by atoms with Crippen molar-refractivity contribution < 1.29 is 14.6 Å². The summed E-state index contributed by atoms with van der Waals surface area (Å²) in [7, 11) is 0. The number of amides is 1. The van der Waals surface area contributed by atoms with Gasteiger partial charge in [-0.2, -0.15) is 0 Å². The molecule has 1 rings (SSSR count). The van der Waals surface area contributed by atoms with Gasteiger partial charge in [0.15, 0.2) is 6.10 Å². The van der Waals surface area contributed by atoms with E-state index in [0.717, 1.165) is 11.1 Å². The molecule has 0 bridgehead atoms. The number of aromatic hydroxyl groups is 1. The number of nitrogens with one attached hydrogen (secondary N) is 1. The maximum absolute atomic E-state index is 12.1. The van der Waals surface area contributed by atoms with E-state index in [2.05, 4.69) is 5.32 Å². The van der Waals surface area contributed by atoms with Gasteiger partial charge in [0.25, 0.3) is 5.91 Å². The molecule has 0 radical (unpaired) electrons. The number of phenols is 1. The second-order valence-corrected chi connectivity index (χ2v) is 5.02. The topological polar surface area (TPSA) is 58.6 Å². The monoisotopic (exact) mass is 265 g/mol. The molecule has 1 atom stereocenters. The van der Waals surface area contributed by atoms with E-state index in [1.165, 1.54) is 0 Å². The first kappa shape index (κ1) is 15.5. The van der Waals surface area contributed by atoms with Gasteiger partial charge in [-0.3, -0.25) is 4.79 Å². The summed E-state index contributed by atoms with van der Waals surface area (Å²) >= 11 is 0. The van der Waals surface area contributed by atoms with E-state index in [0.29, 0.717) is 19.1 Å². The molecule has 0 aliphatic rings. The van der Waals surface area contributed by atoms with E-state index < -0.39 is 6.10 Å². The van der Waals surface area contributed by atoms with Gasteiger partial charge in [0.2, 0.25) is 0 Å². The van der Waals surface area contributed by atoms with E-state index in [9.17, 15) is 9.90 Å². The molecule has 0 aromatic heterocycles. The van der Waals surface area contributed by atoms with Crippen molar-refractivity contribution in [3.05, 3.63) is 29.3 Å². The smallest absolute Gasteiger partial charge is 0.253 e. The summed E-state index contributed by atoms with van der Waals surface area (Å²) in [6.45, 7) is 8.82. The first-order valence-corrected chi connectivity index (χ1v) is 6.64. The highest BCUT2D eigenvalue weighted by molar-refractivity contribution is 5.82. The van der Waals surface area contributed by atoms with Gasteiger partial charge in [-0.1, -0.05) is 19.9 Å². The maximum Gasteiger partial charge on any atom is 0.253 e. The maximum atomic E-state index is 12.1. The third-order valence-corrected chi connectivity index (χ3v) is 2.78. The van der Waals surface area contributed by atoms with Gasteiger partial charge >= 0.3 is 0 Å². The van der Waals surface area contributed by atoms with Crippen molar-refractivity contribution in [2.45, 2.75) is 33.8 Å². The molecule has 1 unspecified atom stereocenters. The fraction of sp³-hybridized carbons (Fsp3) is 0.533. The quantitative estimate of drug-likeness (QED) is 0.831. The van der Waals surface area contributed by atoms with Crippen LogP contribution in [0.1, 0.15) is 38.0 Å². The second-order valence-electron chi connectivity index (χ2n) is 5.02. The molecule has 4 nitrogen and oxygen atoms in total. The largest absolute Gasteiger partial charge is 0.508 e. The Kier molecular flexibility index (Phi) is 5.83. The number of hydrogen-bond donors (Lipinski definition) is 2. The molecule has 0 spiro atoms. The molecule has 0 fully saturated rings. The third kappa shape index (κ3) is 4.56. The van der Waals surface area contributed by atoms with Gasteiger partial charge in [0, 0.05) is 13.2 Å². The minimum atomic E-state index is -0.622. The van der Waals surface area contributed by atoms with Crippen LogP contribution in [0.3, 0.4) is 0 Å². The normalized spacial score (nSPS) is 12.5. The van der Waals surface area contributed by atoms with Crippen LogP contribution in [0.4, 0.5) is 0 Å². The number of carbonyl (C=O) groups is 1. The lowest BCUT2D eigenvalue weighted by atomic mass is 10.0. The molecule has 4 heteroatoms. The average molecular weight is 265 g/mol. The van der Waals surface area contributed by atoms with Crippen LogP contribution in [0.2, 0.25) is 0 Å². The lowest BCUT2D eigenvalue weighted by molar-refractivity contribution is -0.133. The van der Waals surface area contributed by atoms with Gasteiger partial charge in [0.1, 0.15) is 5.75 Å². The molecule has 0 aliphatic carbocycles. The van der Waals surface area contributed by atoms with Crippen LogP contribution in [-0.2, 0) is 9.53 Å². The Balaban J connectivity index is 2.86. The fourth-order valence-electron chi connectivity index (χ4n) is 1.73. The Labute approximate surface area is 114 Å². The molecule has 19 heavy (non-hydrogen) atoms. The number of benzene rings is 1. The molecule has 2 N–H and O–H groups in total. The van der Waals surface area contributed by atoms with Crippen molar-refractivity contribution >= 4 is 5.91 Å². The Morgan fingerprint density at radius 3 is 2.63 bits per heavy atom. The zero-order chi connectivity index (χ0) is 14.4. The molecule has 1 amide bonds. The minimum absolute atomic E-state index is 0.138. The van der Waals surface area contributed by atoms with Crippen LogP contribution in [0.15, 0.2) is 18.2 Å². The highest BCUT2D eigenvalue weighted by Crippen LogP contribution is 2.24. The first-order valence-electron chi connectivity index (χ1n) is 6.64. The fourth-order valence-corrected chi connectivity index (χ4v) is 1.73. The van der Waals surface area contributed by atoms with Gasteiger partial charge in [-0.15, -0.1) is 0 Å². The molecular weight excluding hydrogens is 242 g/mol. The Hall–Kier alpha value is -1.55. The van der Waals surface area contributed by atoms with Crippen molar-refractivity contribution in [2.75, 3.05) is 13.2 Å². The van der Waals surface area contributed by atoms with Crippen LogP contribution in [0.5, 0.6) is 5.75 Å². The zero-order valence-corrected chi connectivity index (χ0v) is 12.1. The summed E-state index contributed by atoms with van der Waals surface area (Å²) in [6.07, 6.45) is -0.622. The summed E-state index contributed by atoms with van der Waals surface area (Å²) in [4.78, 5) is 12.1. The summed E-state index contributed by atoms with van der Waals surface area (Å²) in [5.41, 5.74) is 1.50. The highest BCUT2D eigenvalue weighted by Gasteiger charge is 2.21. The molecular formula is C15H23NO3. The van der Waals surface area contributed by atoms with Crippen molar-refractivity contribution in [3.63, 3.8) is 0 Å². The van der Waals surface area contributed by atoms with E-state index in [1.807, 2.05) is 20.8 Å². The third-order valence-electron chi connectivity index (χ3n) is 2.78. The predicted octanol–water partition coefficient (Wildman–Crippen LogP) is 2.55. The number of rotatable bonds is 6. The Bertz CT molecular complexity index is 429. The van der Waals surface area contributed by atoms with Crippen molar-refractivity contribution in [2.24, 2.45) is 5.92 Å². The summed E-state index contributed by atoms with van der Waals surface area (Å²) in [6, 6.07) is 5.09. The number of phenolic OH excluding ortho intramolecular Hbond substituents is 1. The molecule has 0 heterocycles. The van der Waals surface area contributed by atoms with Crippen LogP contribution >= 0.6 is 0 Å². The molecule has 1 aromatic rings. The van der Waals surface area contributed by atoms with E-state index in [4.69, 9.17) is 4.74 Å². The van der Waals surface area contributed by atoms with E-state index in [1.54, 1.807) is 25.1 Å². The number of hydrogen-bond acceptors (Lipinski definition) is 3. The minimum Gasteiger partial charge on any atom is -0.508 e. The first-order chi connectivity index (χ1) is 8.95. The summed E-state index contributed by atoms with van der Waals surface area (Å²) in [5, 5.41) is 12.4. The van der Waals surface area contributed by atoms with Crippen molar-refractivity contribution in [1.29, 1.82) is 0 Å². The lowest BCUT2D eigenvalue weighted by Crippen LogP contribution is -2.33. The standard InChI is InChI=1S/C15H23NO3/c1-5-19-14(15(18)16-9-10(2)3)12-6-7-13(17)11(4)8-12/h6-8,10,14,17H,5,9H2,1-4H3,(H,16,18). The molecule has 0 saturated carbocycles. The average Bonchev–Trinajstić information content (AvgIpc) is 2.36. The van der Waals surface area contributed by atoms with Crippen LogP contribution in [0, 0.1) is 12.8 Å². The van der Waals surface area contributed by atoms with Crippen LogP contribution in [0.25, 0.3) is 0 Å². The van der Waals surface area contributed by atoms with Gasteiger partial charge in [0.05, 0.1) is 0 Å². The lowest BCUT2D eigenvalue weighted by Gasteiger charge is -2.18. The highest BCUT2D eigenvalue weighted by atomic mass is 16.5. The van der Waals surface area contributed by atoms with Gasteiger partial charge < -0.3 is 15.2 Å². The van der Waals surface area contributed by atoms with Gasteiger partial charge in [-0.05, 0) is 43.0 Å². The summed E-state index contributed by atoms with van der Waals surface area (Å²) in [5.74, 6) is 0.481. The Morgan fingerprint density at radius 2 is 2.11 bits per heavy atom. The van der Waals surface area contributed by atoms with Crippen molar-refractivity contribution in [3.8, 4) is 5.75 Å². The van der Waals surface area contributed by atoms with Gasteiger partial charge in [-0.25, -0.2) is 0 Å². The Morgan fingerprint density at radius 1 is 1.42 bits per heavy atom. The second kappa shape index (κ2) is 7.14. The number of aryl methyl sites for hydroxylation is 1. The molecule has 1 aromatic carbocycles. The van der Waals surface area contributed by atoms with Crippen LogP contribution < -0.4 is 5.32 Å². The SMILES string of the molecule is CCOC(C(=O)NCC(C)C)c1ccc(O)c(C)c1. The number of ether oxygens (including phenoxy) is 1. The summed E-state index contributed by atoms with van der Waals surface area (Å²) < 4.78 is 5.52. The van der Waals surface area contributed by atoms with E-state index in [-0.39, 0.29) is 11.7 Å². The molecule has 106 valence electrons. The van der Waals surface area contributed by atoms with Crippen molar-refractivity contribution in [1.82, 2.24) is 5.32 Å². The molecule has 0 saturated heterocycles. The van der Waals surface area contributed by atoms with E-state index >= 15 is 0 Å². The zero-order valence-electron chi connectivity index (χ0n) is 12.1. The predicted molar refractivity (Wildman–Crippen MR) is 75.1 cm³/mol.